The fourth-order valence-electron chi connectivity index (χ4n) is 1.75. The minimum atomic E-state index is -4.34. The van der Waals surface area contributed by atoms with Crippen LogP contribution in [0.15, 0.2) is 42.9 Å². The van der Waals surface area contributed by atoms with Gasteiger partial charge in [0.25, 0.3) is 0 Å². The predicted octanol–water partition coefficient (Wildman–Crippen LogP) is 2.74. The molecule has 0 aliphatic carbocycles. The van der Waals surface area contributed by atoms with Crippen LogP contribution in [-0.4, -0.2) is 9.97 Å². The summed E-state index contributed by atoms with van der Waals surface area (Å²) in [6.07, 6.45) is -1.13. The topological polar surface area (TPSA) is 51.8 Å². The summed E-state index contributed by atoms with van der Waals surface area (Å²) in [5.74, 6) is 0. The summed E-state index contributed by atoms with van der Waals surface area (Å²) in [6, 6.07) is 6.35. The van der Waals surface area contributed by atoms with Gasteiger partial charge in [0, 0.05) is 6.20 Å². The Bertz CT molecular complexity index is 540. The Morgan fingerprint density at radius 2 is 2.00 bits per heavy atom. The van der Waals surface area contributed by atoms with E-state index in [9.17, 15) is 13.2 Å². The van der Waals surface area contributed by atoms with Gasteiger partial charge >= 0.3 is 6.18 Å². The molecule has 100 valence electrons. The lowest BCUT2D eigenvalue weighted by atomic mass is 10.0. The van der Waals surface area contributed by atoms with E-state index in [1.165, 1.54) is 12.4 Å². The second-order valence-electron chi connectivity index (χ2n) is 4.14. The molecule has 0 amide bonds. The predicted molar refractivity (Wildman–Crippen MR) is 64.1 cm³/mol. The van der Waals surface area contributed by atoms with E-state index in [0.29, 0.717) is 17.7 Å². The third-order valence-electron chi connectivity index (χ3n) is 2.69. The summed E-state index contributed by atoms with van der Waals surface area (Å²) >= 11 is 0. The number of nitrogens with two attached hydrogens (primary N) is 1. The molecule has 0 bridgehead atoms. The maximum Gasteiger partial charge on any atom is 0.416 e. The molecule has 0 saturated heterocycles. The second kappa shape index (κ2) is 5.36. The molecular weight excluding hydrogens is 255 g/mol. The molecule has 1 aromatic heterocycles. The minimum Gasteiger partial charge on any atom is -0.322 e. The van der Waals surface area contributed by atoms with E-state index in [1.54, 1.807) is 18.3 Å². The van der Waals surface area contributed by atoms with Crippen molar-refractivity contribution in [1.29, 1.82) is 0 Å². The molecule has 1 aromatic carbocycles. The van der Waals surface area contributed by atoms with Crippen LogP contribution in [0, 0.1) is 0 Å². The number of hydrogen-bond donors (Lipinski definition) is 1. The van der Waals surface area contributed by atoms with E-state index in [-0.39, 0.29) is 0 Å². The molecule has 0 radical (unpaired) electrons. The van der Waals surface area contributed by atoms with Crippen LogP contribution >= 0.6 is 0 Å². The first-order valence-corrected chi connectivity index (χ1v) is 5.64. The number of aromatic nitrogens is 2. The van der Waals surface area contributed by atoms with Crippen molar-refractivity contribution in [2.24, 2.45) is 5.73 Å². The van der Waals surface area contributed by atoms with Gasteiger partial charge in [-0.2, -0.15) is 13.2 Å². The van der Waals surface area contributed by atoms with Crippen LogP contribution in [0.2, 0.25) is 0 Å². The van der Waals surface area contributed by atoms with Gasteiger partial charge in [0.2, 0.25) is 0 Å². The highest BCUT2D eigenvalue weighted by atomic mass is 19.4. The van der Waals surface area contributed by atoms with E-state index in [1.807, 2.05) is 0 Å². The Balaban J connectivity index is 2.16. The van der Waals surface area contributed by atoms with Gasteiger partial charge in [0.1, 0.15) is 6.33 Å². The van der Waals surface area contributed by atoms with Crippen LogP contribution in [0.1, 0.15) is 22.9 Å². The molecule has 0 fully saturated rings. The van der Waals surface area contributed by atoms with Gasteiger partial charge in [-0.15, -0.1) is 0 Å². The summed E-state index contributed by atoms with van der Waals surface area (Å²) in [5, 5.41) is 0. The zero-order valence-corrected chi connectivity index (χ0v) is 9.93. The van der Waals surface area contributed by atoms with Crippen molar-refractivity contribution in [1.82, 2.24) is 9.97 Å². The Morgan fingerprint density at radius 1 is 1.21 bits per heavy atom. The number of alkyl halides is 3. The molecule has 1 unspecified atom stereocenters. The van der Waals surface area contributed by atoms with Crippen LogP contribution in [0.5, 0.6) is 0 Å². The molecule has 0 saturated carbocycles. The van der Waals surface area contributed by atoms with Crippen LogP contribution < -0.4 is 5.73 Å². The van der Waals surface area contributed by atoms with Gasteiger partial charge < -0.3 is 5.73 Å². The number of benzene rings is 1. The molecule has 1 atom stereocenters. The van der Waals surface area contributed by atoms with Crippen LogP contribution in [0.4, 0.5) is 13.2 Å². The summed E-state index contributed by atoms with van der Waals surface area (Å²) < 4.78 is 37.7. The summed E-state index contributed by atoms with van der Waals surface area (Å²) in [6.45, 7) is 0. The molecule has 6 heteroatoms. The summed E-state index contributed by atoms with van der Waals surface area (Å²) in [5.41, 5.74) is 6.38. The first kappa shape index (κ1) is 13.5. The Kier molecular flexibility index (Phi) is 3.80. The molecule has 19 heavy (non-hydrogen) atoms. The summed E-state index contributed by atoms with van der Waals surface area (Å²) in [4.78, 5) is 7.75. The normalized spacial score (nSPS) is 13.3. The van der Waals surface area contributed by atoms with Gasteiger partial charge in [-0.25, -0.2) is 9.97 Å². The van der Waals surface area contributed by atoms with Crippen molar-refractivity contribution < 1.29 is 13.2 Å². The van der Waals surface area contributed by atoms with Gasteiger partial charge in [-0.05, 0) is 24.1 Å². The molecule has 0 aliphatic rings. The van der Waals surface area contributed by atoms with Crippen molar-refractivity contribution in [2.75, 3.05) is 0 Å². The van der Waals surface area contributed by atoms with Crippen molar-refractivity contribution in [3.63, 3.8) is 0 Å². The number of rotatable bonds is 3. The quantitative estimate of drug-likeness (QED) is 0.930. The highest BCUT2D eigenvalue weighted by molar-refractivity contribution is 5.27. The molecule has 2 rings (SSSR count). The van der Waals surface area contributed by atoms with Gasteiger partial charge in [0.05, 0.1) is 17.3 Å². The largest absolute Gasteiger partial charge is 0.416 e. The smallest absolute Gasteiger partial charge is 0.322 e. The lowest BCUT2D eigenvalue weighted by Crippen LogP contribution is -2.15. The van der Waals surface area contributed by atoms with Crippen LogP contribution in [0.25, 0.3) is 0 Å². The first-order chi connectivity index (χ1) is 8.97. The monoisotopic (exact) mass is 267 g/mol. The van der Waals surface area contributed by atoms with Crippen molar-refractivity contribution in [3.8, 4) is 0 Å². The number of halogens is 3. The van der Waals surface area contributed by atoms with Gasteiger partial charge in [-0.3, -0.25) is 0 Å². The highest BCUT2D eigenvalue weighted by Gasteiger charge is 2.30. The second-order valence-corrected chi connectivity index (χ2v) is 4.14. The van der Waals surface area contributed by atoms with Crippen LogP contribution in [-0.2, 0) is 12.6 Å². The zero-order chi connectivity index (χ0) is 13.9. The van der Waals surface area contributed by atoms with Crippen molar-refractivity contribution in [2.45, 2.75) is 18.6 Å². The molecule has 3 nitrogen and oxygen atoms in total. The maximum absolute atomic E-state index is 12.6. The first-order valence-electron chi connectivity index (χ1n) is 5.64. The lowest BCUT2D eigenvalue weighted by Gasteiger charge is -2.12. The third-order valence-corrected chi connectivity index (χ3v) is 2.69. The molecule has 2 aromatic rings. The number of hydrogen-bond acceptors (Lipinski definition) is 3. The highest BCUT2D eigenvalue weighted by Crippen LogP contribution is 2.30. The standard InChI is InChI=1S/C13H12F3N3/c14-13(15,16)10-3-1-2-9(6-10)7-11(17)12-4-5-18-8-19-12/h1-6,8,11H,7,17H2. The van der Waals surface area contributed by atoms with E-state index < -0.39 is 17.8 Å². The van der Waals surface area contributed by atoms with Gasteiger partial charge in [-0.1, -0.05) is 18.2 Å². The molecule has 2 N–H and O–H groups in total. The average Bonchev–Trinajstić information content (AvgIpc) is 2.39. The van der Waals surface area contributed by atoms with E-state index in [4.69, 9.17) is 5.73 Å². The molecule has 0 spiro atoms. The molecular formula is C13H12F3N3. The molecule has 1 heterocycles. The third kappa shape index (κ3) is 3.51. The lowest BCUT2D eigenvalue weighted by molar-refractivity contribution is -0.137. The zero-order valence-electron chi connectivity index (χ0n) is 9.93. The Hall–Kier alpha value is -1.95. The Morgan fingerprint density at radius 3 is 2.63 bits per heavy atom. The minimum absolute atomic E-state index is 0.293. The fraction of sp³-hybridized carbons (Fsp3) is 0.231. The van der Waals surface area contributed by atoms with E-state index in [2.05, 4.69) is 9.97 Å². The van der Waals surface area contributed by atoms with E-state index in [0.717, 1.165) is 12.1 Å². The fourth-order valence-corrected chi connectivity index (χ4v) is 1.75. The summed E-state index contributed by atoms with van der Waals surface area (Å²) in [7, 11) is 0. The Labute approximate surface area is 108 Å². The van der Waals surface area contributed by atoms with Crippen molar-refractivity contribution >= 4 is 0 Å². The maximum atomic E-state index is 12.6. The van der Waals surface area contributed by atoms with E-state index >= 15 is 0 Å². The molecule has 0 aliphatic heterocycles. The average molecular weight is 267 g/mol. The SMILES string of the molecule is NC(Cc1cccc(C(F)(F)F)c1)c1ccncn1. The van der Waals surface area contributed by atoms with Crippen molar-refractivity contribution in [3.05, 3.63) is 59.7 Å². The number of nitrogens with zero attached hydrogens (tertiary/aromatic N) is 2. The van der Waals surface area contributed by atoms with Crippen LogP contribution in [0.3, 0.4) is 0 Å². The van der Waals surface area contributed by atoms with Gasteiger partial charge in [0.15, 0.2) is 0 Å².